The molecule has 2 rings (SSSR count). The van der Waals surface area contributed by atoms with Crippen molar-refractivity contribution >= 4 is 23.4 Å². The molecule has 2 amide bonds. The fraction of sp³-hybridized carbons (Fsp3) is 0.538. The molecule has 1 atom stereocenters. The number of hydrogen-bond acceptors (Lipinski definition) is 4. The Morgan fingerprint density at radius 3 is 2.53 bits per heavy atom. The van der Waals surface area contributed by atoms with Crippen LogP contribution in [0.15, 0.2) is 12.4 Å². The number of likely N-dealkylation sites (tertiary alicyclic amines) is 1. The summed E-state index contributed by atoms with van der Waals surface area (Å²) in [5.41, 5.74) is 0.142. The molecule has 0 radical (unpaired) electrons. The van der Waals surface area contributed by atoms with E-state index in [1.165, 1.54) is 17.3 Å². The zero-order valence-electron chi connectivity index (χ0n) is 11.2. The standard InChI is InChI=1S/C13H16ClN3O2/c1-13(2,3)8-4-11(18)17(7-8)12(19)9-5-16-10(14)6-15-9/h5-6,8H,4,7H2,1-3H3. The number of rotatable bonds is 1. The maximum atomic E-state index is 12.2. The van der Waals surface area contributed by atoms with Crippen LogP contribution in [-0.4, -0.2) is 33.2 Å². The van der Waals surface area contributed by atoms with E-state index in [1.807, 2.05) is 0 Å². The molecular formula is C13H16ClN3O2. The van der Waals surface area contributed by atoms with Crippen molar-refractivity contribution in [1.29, 1.82) is 0 Å². The van der Waals surface area contributed by atoms with Gasteiger partial charge in [0.15, 0.2) is 0 Å². The normalized spacial score (nSPS) is 19.9. The van der Waals surface area contributed by atoms with E-state index >= 15 is 0 Å². The molecule has 1 unspecified atom stereocenters. The highest BCUT2D eigenvalue weighted by molar-refractivity contribution is 6.29. The zero-order valence-corrected chi connectivity index (χ0v) is 11.9. The highest BCUT2D eigenvalue weighted by Crippen LogP contribution is 2.34. The Balaban J connectivity index is 2.17. The lowest BCUT2D eigenvalue weighted by Crippen LogP contribution is -2.34. The van der Waals surface area contributed by atoms with Crippen molar-refractivity contribution in [2.45, 2.75) is 27.2 Å². The summed E-state index contributed by atoms with van der Waals surface area (Å²) in [7, 11) is 0. The van der Waals surface area contributed by atoms with Crippen LogP contribution >= 0.6 is 11.6 Å². The molecule has 6 heteroatoms. The summed E-state index contributed by atoms with van der Waals surface area (Å²) in [5.74, 6) is -0.383. The van der Waals surface area contributed by atoms with Crippen LogP contribution in [0.5, 0.6) is 0 Å². The number of imide groups is 1. The first-order valence-corrected chi connectivity index (χ1v) is 6.49. The minimum absolute atomic E-state index is 0.00361. The highest BCUT2D eigenvalue weighted by Gasteiger charge is 2.40. The van der Waals surface area contributed by atoms with Crippen LogP contribution in [0.25, 0.3) is 0 Å². The smallest absolute Gasteiger partial charge is 0.277 e. The number of halogens is 1. The van der Waals surface area contributed by atoms with Gasteiger partial charge in [-0.15, -0.1) is 0 Å². The van der Waals surface area contributed by atoms with Crippen molar-refractivity contribution in [2.24, 2.45) is 11.3 Å². The van der Waals surface area contributed by atoms with Crippen molar-refractivity contribution in [3.63, 3.8) is 0 Å². The summed E-state index contributed by atoms with van der Waals surface area (Å²) in [6.45, 7) is 6.65. The molecule has 0 bridgehead atoms. The van der Waals surface area contributed by atoms with E-state index in [-0.39, 0.29) is 28.1 Å². The minimum atomic E-state index is -0.402. The van der Waals surface area contributed by atoms with Gasteiger partial charge in [-0.05, 0) is 11.3 Å². The lowest BCUT2D eigenvalue weighted by molar-refractivity contribution is -0.125. The van der Waals surface area contributed by atoms with Gasteiger partial charge in [-0.3, -0.25) is 14.5 Å². The van der Waals surface area contributed by atoms with Gasteiger partial charge in [0.25, 0.3) is 5.91 Å². The van der Waals surface area contributed by atoms with Gasteiger partial charge in [0, 0.05) is 13.0 Å². The maximum absolute atomic E-state index is 12.2. The Morgan fingerprint density at radius 1 is 1.37 bits per heavy atom. The lowest BCUT2D eigenvalue weighted by Gasteiger charge is -2.25. The van der Waals surface area contributed by atoms with E-state index in [0.29, 0.717) is 13.0 Å². The first-order chi connectivity index (χ1) is 8.79. The summed E-state index contributed by atoms with van der Waals surface area (Å²) < 4.78 is 0. The van der Waals surface area contributed by atoms with E-state index in [9.17, 15) is 9.59 Å². The van der Waals surface area contributed by atoms with E-state index < -0.39 is 5.91 Å². The maximum Gasteiger partial charge on any atom is 0.280 e. The third-order valence-electron chi connectivity index (χ3n) is 3.43. The molecule has 0 spiro atoms. The van der Waals surface area contributed by atoms with Gasteiger partial charge in [-0.1, -0.05) is 32.4 Å². The Hall–Kier alpha value is -1.49. The highest BCUT2D eigenvalue weighted by atomic mass is 35.5. The second-order valence-electron chi connectivity index (χ2n) is 5.80. The van der Waals surface area contributed by atoms with E-state index in [1.54, 1.807) is 0 Å². The van der Waals surface area contributed by atoms with Gasteiger partial charge in [0.1, 0.15) is 10.8 Å². The fourth-order valence-corrected chi connectivity index (χ4v) is 2.14. The van der Waals surface area contributed by atoms with Gasteiger partial charge in [-0.25, -0.2) is 9.97 Å². The third-order valence-corrected chi connectivity index (χ3v) is 3.63. The van der Waals surface area contributed by atoms with Crippen LogP contribution in [0.2, 0.25) is 5.15 Å². The average Bonchev–Trinajstić information content (AvgIpc) is 2.71. The van der Waals surface area contributed by atoms with Crippen molar-refractivity contribution in [1.82, 2.24) is 14.9 Å². The van der Waals surface area contributed by atoms with Crippen LogP contribution in [0.4, 0.5) is 0 Å². The molecule has 0 aromatic carbocycles. The largest absolute Gasteiger partial charge is 0.280 e. The number of aromatic nitrogens is 2. The van der Waals surface area contributed by atoms with Crippen LogP contribution in [-0.2, 0) is 4.79 Å². The van der Waals surface area contributed by atoms with Gasteiger partial charge in [0.05, 0.1) is 12.4 Å². The van der Waals surface area contributed by atoms with Crippen LogP contribution in [0.1, 0.15) is 37.7 Å². The second kappa shape index (κ2) is 4.89. The molecule has 102 valence electrons. The zero-order chi connectivity index (χ0) is 14.2. The van der Waals surface area contributed by atoms with Crippen molar-refractivity contribution in [3.05, 3.63) is 23.2 Å². The minimum Gasteiger partial charge on any atom is -0.277 e. The van der Waals surface area contributed by atoms with Crippen molar-refractivity contribution in [3.8, 4) is 0 Å². The summed E-state index contributed by atoms with van der Waals surface area (Å²) in [6.07, 6.45) is 3.00. The molecule has 1 aliphatic rings. The van der Waals surface area contributed by atoms with Crippen molar-refractivity contribution in [2.75, 3.05) is 6.54 Å². The second-order valence-corrected chi connectivity index (χ2v) is 6.19. The fourth-order valence-electron chi connectivity index (χ4n) is 2.04. The molecule has 2 heterocycles. The third kappa shape index (κ3) is 2.92. The molecule has 1 saturated heterocycles. The Labute approximate surface area is 117 Å². The number of carbonyl (C=O) groups is 2. The number of carbonyl (C=O) groups excluding carboxylic acids is 2. The predicted octanol–water partition coefficient (Wildman–Crippen LogP) is 2.16. The Bertz CT molecular complexity index is 508. The number of nitrogens with zero attached hydrogens (tertiary/aromatic N) is 3. The number of amides is 2. The molecule has 1 aliphatic heterocycles. The summed E-state index contributed by atoms with van der Waals surface area (Å²) in [4.78, 5) is 33.1. The van der Waals surface area contributed by atoms with Gasteiger partial charge in [0.2, 0.25) is 5.91 Å². The Morgan fingerprint density at radius 2 is 2.05 bits per heavy atom. The molecule has 19 heavy (non-hydrogen) atoms. The van der Waals surface area contributed by atoms with E-state index in [0.717, 1.165) is 0 Å². The predicted molar refractivity (Wildman–Crippen MR) is 70.6 cm³/mol. The van der Waals surface area contributed by atoms with Gasteiger partial charge in [-0.2, -0.15) is 0 Å². The lowest BCUT2D eigenvalue weighted by atomic mass is 9.80. The summed E-state index contributed by atoms with van der Waals surface area (Å²) in [6, 6.07) is 0. The molecule has 1 fully saturated rings. The van der Waals surface area contributed by atoms with Gasteiger partial charge < -0.3 is 0 Å². The first kappa shape index (κ1) is 13.9. The monoisotopic (exact) mass is 281 g/mol. The first-order valence-electron chi connectivity index (χ1n) is 6.11. The molecule has 5 nitrogen and oxygen atoms in total. The molecule has 0 aliphatic carbocycles. The molecular weight excluding hydrogens is 266 g/mol. The van der Waals surface area contributed by atoms with E-state index in [4.69, 9.17) is 11.6 Å². The van der Waals surface area contributed by atoms with Crippen molar-refractivity contribution < 1.29 is 9.59 Å². The van der Waals surface area contributed by atoms with Gasteiger partial charge >= 0.3 is 0 Å². The topological polar surface area (TPSA) is 63.2 Å². The average molecular weight is 282 g/mol. The van der Waals surface area contributed by atoms with Crippen LogP contribution in [0.3, 0.4) is 0 Å². The summed E-state index contributed by atoms with van der Waals surface area (Å²) >= 11 is 5.62. The summed E-state index contributed by atoms with van der Waals surface area (Å²) in [5, 5.41) is 0.219. The molecule has 0 saturated carbocycles. The molecule has 1 aromatic rings. The SMILES string of the molecule is CC(C)(C)C1CC(=O)N(C(=O)c2cnc(Cl)cn2)C1. The van der Waals surface area contributed by atoms with Crippen LogP contribution < -0.4 is 0 Å². The Kier molecular flexibility index (Phi) is 3.58. The number of hydrogen-bond donors (Lipinski definition) is 0. The van der Waals surface area contributed by atoms with E-state index in [2.05, 4.69) is 30.7 Å². The molecule has 0 N–H and O–H groups in total. The molecule has 1 aromatic heterocycles. The van der Waals surface area contributed by atoms with Crippen LogP contribution in [0, 0.1) is 11.3 Å². The quantitative estimate of drug-likeness (QED) is 0.740.